The fraction of sp³-hybridized carbons (Fsp3) is 0. The molecule has 0 heterocycles. The van der Waals surface area contributed by atoms with E-state index in [2.05, 4.69) is 0 Å². The first-order chi connectivity index (χ1) is 17.7. The van der Waals surface area contributed by atoms with Crippen LogP contribution in [0, 0.1) is 0 Å². The van der Waals surface area contributed by atoms with Crippen molar-refractivity contribution in [3.63, 3.8) is 0 Å². The summed E-state index contributed by atoms with van der Waals surface area (Å²) in [6, 6.07) is 39.1. The number of hydrogen-bond acceptors (Lipinski definition) is 2. The van der Waals surface area contributed by atoms with Crippen LogP contribution in [0.1, 0.15) is 22.3 Å². The Morgan fingerprint density at radius 2 is 0.541 bits per heavy atom. The molecule has 0 bridgehead atoms. The summed E-state index contributed by atoms with van der Waals surface area (Å²) in [6.07, 6.45) is 13.6. The van der Waals surface area contributed by atoms with Gasteiger partial charge < -0.3 is 0 Å². The van der Waals surface area contributed by atoms with Crippen LogP contribution in [-0.4, -0.2) is 11.6 Å². The van der Waals surface area contributed by atoms with Crippen LogP contribution in [0.5, 0.6) is 0 Å². The van der Waals surface area contributed by atoms with E-state index < -0.39 is 0 Å². The van der Waals surface area contributed by atoms with Crippen molar-refractivity contribution in [1.29, 1.82) is 0 Å². The fourth-order valence-electron chi connectivity index (χ4n) is 3.08. The van der Waals surface area contributed by atoms with Crippen molar-refractivity contribution in [1.82, 2.24) is 0 Å². The molecule has 0 spiro atoms. The van der Waals surface area contributed by atoms with Crippen LogP contribution in [0.2, 0.25) is 0 Å². The van der Waals surface area contributed by atoms with Crippen LogP contribution in [0.25, 0.3) is 24.3 Å². The van der Waals surface area contributed by atoms with Gasteiger partial charge in [0.25, 0.3) is 0 Å². The van der Waals surface area contributed by atoms with Crippen LogP contribution < -0.4 is 0 Å². The molecule has 0 atom stereocenters. The van der Waals surface area contributed by atoms with E-state index in [9.17, 15) is 9.59 Å². The van der Waals surface area contributed by atoms with E-state index >= 15 is 0 Å². The molecule has 0 fully saturated rings. The molecule has 0 unspecified atom stereocenters. The van der Waals surface area contributed by atoms with E-state index in [1.54, 1.807) is 24.3 Å². The van der Waals surface area contributed by atoms with Crippen molar-refractivity contribution < 1.29 is 30.7 Å². The number of carbonyl (C=O) groups is 2. The van der Waals surface area contributed by atoms with Gasteiger partial charge in [0.1, 0.15) is 0 Å². The van der Waals surface area contributed by atoms with E-state index in [0.29, 0.717) is 0 Å². The molecule has 4 aromatic rings. The Morgan fingerprint density at radius 3 is 0.730 bits per heavy atom. The fourth-order valence-corrected chi connectivity index (χ4v) is 3.08. The minimum absolute atomic E-state index is 0. The molecular weight excluding hydrogens is 635 g/mol. The molecule has 2 nitrogen and oxygen atoms in total. The summed E-state index contributed by atoms with van der Waals surface area (Å²) < 4.78 is 0. The monoisotopic (exact) mass is 663 g/mol. The first-order valence-electron chi connectivity index (χ1n) is 11.7. The van der Waals surface area contributed by atoms with E-state index in [1.165, 1.54) is 0 Å². The zero-order valence-corrected chi connectivity index (χ0v) is 22.6. The Balaban J connectivity index is 0.000000253. The molecule has 4 aromatic carbocycles. The van der Waals surface area contributed by atoms with E-state index in [-0.39, 0.29) is 32.6 Å². The summed E-state index contributed by atoms with van der Waals surface area (Å²) in [6.45, 7) is 0. The zero-order valence-electron chi connectivity index (χ0n) is 20.3. The zero-order chi connectivity index (χ0) is 25.3. The topological polar surface area (TPSA) is 34.1 Å². The van der Waals surface area contributed by atoms with Gasteiger partial charge in [-0.15, -0.1) is 0 Å². The van der Waals surface area contributed by atoms with Crippen LogP contribution in [0.15, 0.2) is 146 Å². The van der Waals surface area contributed by atoms with Crippen molar-refractivity contribution in [3.05, 3.63) is 168 Å². The molecule has 3 heteroatoms. The Hall–Kier alpha value is -4.13. The predicted molar refractivity (Wildman–Crippen MR) is 152 cm³/mol. The standard InChI is InChI=1S/2C17H14O.Pt/c2*18-17(13-11-15-7-3-1-4-8-15)14-12-16-9-5-2-6-10-16;/h2*1-14H;/b2*13-11-,14-12+;. The van der Waals surface area contributed by atoms with Gasteiger partial charge in [0.2, 0.25) is 0 Å². The normalized spacial score (nSPS) is 10.8. The molecule has 0 aliphatic rings. The van der Waals surface area contributed by atoms with E-state index in [4.69, 9.17) is 0 Å². The van der Waals surface area contributed by atoms with Gasteiger partial charge in [0.15, 0.2) is 11.6 Å². The second-order valence-electron chi connectivity index (χ2n) is 7.78. The smallest absolute Gasteiger partial charge is 0.178 e. The Bertz CT molecular complexity index is 1110. The minimum Gasteiger partial charge on any atom is -0.290 e. The SMILES string of the molecule is O=C(/C=C\c1ccccc1)/C=C/c1ccccc1.O=C(/C=C\c1ccccc1)/C=C/c1ccccc1.[Pt]. The third-order valence-electron chi connectivity index (χ3n) is 4.96. The van der Waals surface area contributed by atoms with Gasteiger partial charge in [-0.3, -0.25) is 9.59 Å². The maximum atomic E-state index is 11.6. The summed E-state index contributed by atoms with van der Waals surface area (Å²) >= 11 is 0. The van der Waals surface area contributed by atoms with Crippen LogP contribution in [0.4, 0.5) is 0 Å². The van der Waals surface area contributed by atoms with E-state index in [1.807, 2.05) is 146 Å². The van der Waals surface area contributed by atoms with Gasteiger partial charge in [-0.1, -0.05) is 146 Å². The number of rotatable bonds is 8. The second kappa shape index (κ2) is 17.3. The number of hydrogen-bond donors (Lipinski definition) is 0. The van der Waals surface area contributed by atoms with Crippen molar-refractivity contribution in [3.8, 4) is 0 Å². The summed E-state index contributed by atoms with van der Waals surface area (Å²) in [5, 5.41) is 0. The number of allylic oxidation sites excluding steroid dienone is 4. The van der Waals surface area contributed by atoms with Crippen molar-refractivity contribution in [2.45, 2.75) is 0 Å². The summed E-state index contributed by atoms with van der Waals surface area (Å²) in [5.74, 6) is -0.0228. The van der Waals surface area contributed by atoms with Gasteiger partial charge >= 0.3 is 0 Å². The molecule has 0 amide bonds. The van der Waals surface area contributed by atoms with Gasteiger partial charge in [-0.05, 0) is 46.6 Å². The van der Waals surface area contributed by atoms with Gasteiger partial charge in [-0.25, -0.2) is 0 Å². The average molecular weight is 664 g/mol. The van der Waals surface area contributed by atoms with Crippen LogP contribution in [-0.2, 0) is 30.7 Å². The predicted octanol–water partition coefficient (Wildman–Crippen LogP) is 7.96. The molecule has 4 rings (SSSR count). The average Bonchev–Trinajstić information content (AvgIpc) is 2.95. The molecule has 0 aliphatic heterocycles. The molecule has 0 aliphatic carbocycles. The number of benzene rings is 4. The third kappa shape index (κ3) is 12.4. The Kier molecular flexibility index (Phi) is 13.6. The van der Waals surface area contributed by atoms with E-state index in [0.717, 1.165) is 22.3 Å². The first-order valence-corrected chi connectivity index (χ1v) is 11.7. The summed E-state index contributed by atoms with van der Waals surface area (Å²) in [4.78, 5) is 23.2. The van der Waals surface area contributed by atoms with Crippen molar-refractivity contribution in [2.24, 2.45) is 0 Å². The first kappa shape index (κ1) is 29.1. The van der Waals surface area contributed by atoms with Gasteiger partial charge in [-0.2, -0.15) is 0 Å². The Labute approximate surface area is 233 Å². The molecule has 186 valence electrons. The van der Waals surface area contributed by atoms with Crippen LogP contribution in [0.3, 0.4) is 0 Å². The van der Waals surface area contributed by atoms with Crippen molar-refractivity contribution >= 4 is 35.9 Å². The van der Waals surface area contributed by atoms with Gasteiger partial charge in [0.05, 0.1) is 0 Å². The summed E-state index contributed by atoms with van der Waals surface area (Å²) in [7, 11) is 0. The Morgan fingerprint density at radius 1 is 0.351 bits per heavy atom. The molecule has 0 saturated carbocycles. The number of ketones is 2. The molecule has 37 heavy (non-hydrogen) atoms. The molecular formula is C34H28O2Pt. The molecule has 0 aromatic heterocycles. The maximum absolute atomic E-state index is 11.6. The van der Waals surface area contributed by atoms with Gasteiger partial charge in [0, 0.05) is 21.1 Å². The van der Waals surface area contributed by atoms with Crippen molar-refractivity contribution in [2.75, 3.05) is 0 Å². The molecule has 0 radical (unpaired) electrons. The van der Waals surface area contributed by atoms with Crippen LogP contribution >= 0.6 is 0 Å². The quantitative estimate of drug-likeness (QED) is 0.179. The number of carbonyl (C=O) groups excluding carboxylic acids is 2. The third-order valence-corrected chi connectivity index (χ3v) is 4.96. The molecule has 0 N–H and O–H groups in total. The molecule has 0 saturated heterocycles. The summed E-state index contributed by atoms with van der Waals surface area (Å²) in [5.41, 5.74) is 4.11. The maximum Gasteiger partial charge on any atom is 0.178 e. The largest absolute Gasteiger partial charge is 0.290 e. The second-order valence-corrected chi connectivity index (χ2v) is 7.78. The minimum atomic E-state index is -0.0114.